The molecule has 2 aliphatic rings. The molecule has 0 aromatic heterocycles. The summed E-state index contributed by atoms with van der Waals surface area (Å²) in [5.74, 6) is -0.546. The van der Waals surface area contributed by atoms with Crippen molar-refractivity contribution in [2.45, 2.75) is 51.4 Å². The van der Waals surface area contributed by atoms with Gasteiger partial charge in [0.25, 0.3) is 0 Å². The second-order valence-electron chi connectivity index (χ2n) is 8.85. The van der Waals surface area contributed by atoms with Crippen LogP contribution in [0.3, 0.4) is 0 Å². The summed E-state index contributed by atoms with van der Waals surface area (Å²) in [5.41, 5.74) is 4.74. The van der Waals surface area contributed by atoms with E-state index in [-0.39, 0.29) is 35.5 Å². The fourth-order valence-electron chi connectivity index (χ4n) is 5.11. The van der Waals surface area contributed by atoms with E-state index in [1.54, 1.807) is 4.90 Å². The molecule has 1 saturated heterocycles. The molecule has 8 heteroatoms. The van der Waals surface area contributed by atoms with E-state index in [4.69, 9.17) is 5.73 Å². The normalized spacial score (nSPS) is 25.7. The molecule has 1 heterocycles. The lowest BCUT2D eigenvalue weighted by Gasteiger charge is -2.35. The molecule has 1 amide bonds. The number of halogens is 4. The Kier molecular flexibility index (Phi) is 6.13. The summed E-state index contributed by atoms with van der Waals surface area (Å²) < 4.78 is 53.8. The molecule has 162 valence electrons. The molecule has 2 fully saturated rings. The predicted molar refractivity (Wildman–Crippen MR) is 104 cm³/mol. The smallest absolute Gasteiger partial charge is 0.370 e. The Balaban J connectivity index is 1.81. The first-order valence-electron chi connectivity index (χ1n) is 10.1. The summed E-state index contributed by atoms with van der Waals surface area (Å²) in [6.07, 6.45) is -2.16. The summed E-state index contributed by atoms with van der Waals surface area (Å²) in [6.45, 7) is 5.04. The van der Waals surface area contributed by atoms with Gasteiger partial charge < -0.3 is 10.6 Å². The van der Waals surface area contributed by atoms with Gasteiger partial charge in [-0.3, -0.25) is 9.69 Å². The molecule has 29 heavy (non-hydrogen) atoms. The maximum Gasteiger partial charge on any atom is 0.418 e. The minimum Gasteiger partial charge on any atom is -0.370 e. The molecule has 1 aromatic carbocycles. The van der Waals surface area contributed by atoms with E-state index in [2.05, 4.69) is 0 Å². The van der Waals surface area contributed by atoms with Crippen LogP contribution in [0, 0.1) is 23.6 Å². The maximum absolute atomic E-state index is 13.5. The predicted octanol–water partition coefficient (Wildman–Crippen LogP) is 3.89. The number of carbonyl (C=O) groups is 1. The molecule has 0 bridgehead atoms. The third-order valence-corrected chi connectivity index (χ3v) is 6.46. The summed E-state index contributed by atoms with van der Waals surface area (Å²) in [6, 6.07) is 2.58. The lowest BCUT2D eigenvalue weighted by atomic mass is 9.94. The molecule has 0 spiro atoms. The first-order valence-corrected chi connectivity index (χ1v) is 10.1. The zero-order valence-corrected chi connectivity index (χ0v) is 17.0. The minimum atomic E-state index is -4.61. The van der Waals surface area contributed by atoms with Crippen LogP contribution in [-0.4, -0.2) is 43.0 Å². The van der Waals surface area contributed by atoms with Gasteiger partial charge in [0.2, 0.25) is 5.91 Å². The van der Waals surface area contributed by atoms with Gasteiger partial charge in [-0.25, -0.2) is 4.39 Å². The third-order valence-electron chi connectivity index (χ3n) is 6.46. The second-order valence-corrected chi connectivity index (χ2v) is 8.85. The van der Waals surface area contributed by atoms with Crippen molar-refractivity contribution in [3.8, 4) is 0 Å². The maximum atomic E-state index is 13.5. The molecule has 3 rings (SSSR count). The van der Waals surface area contributed by atoms with Crippen molar-refractivity contribution in [3.05, 3.63) is 29.6 Å². The molecular formula is C21H29F4N3O. The van der Waals surface area contributed by atoms with Crippen molar-refractivity contribution < 1.29 is 22.4 Å². The standard InChI is InChI=1S/C21H29F4N3O/c1-12(2)8-19(20(26)29)27(3)17-6-4-13-10-28(11-15(13)17)18-7-5-14(22)9-16(18)21(23,24)25/h5,7,9,12-13,15,17,19H,4,6,8,10-11H2,1-3H3,(H2,26,29)/t13-,15+,17+,19+/m1/s1. The van der Waals surface area contributed by atoms with Gasteiger partial charge >= 0.3 is 6.18 Å². The van der Waals surface area contributed by atoms with Crippen molar-refractivity contribution >= 4 is 11.6 Å². The summed E-state index contributed by atoms with van der Waals surface area (Å²) >= 11 is 0. The van der Waals surface area contributed by atoms with Gasteiger partial charge in [-0.2, -0.15) is 13.2 Å². The van der Waals surface area contributed by atoms with E-state index in [9.17, 15) is 22.4 Å². The van der Waals surface area contributed by atoms with E-state index >= 15 is 0 Å². The summed E-state index contributed by atoms with van der Waals surface area (Å²) in [7, 11) is 1.90. The number of carbonyl (C=O) groups excluding carboxylic acids is 1. The third kappa shape index (κ3) is 4.52. The molecular weight excluding hydrogens is 386 g/mol. The van der Waals surface area contributed by atoms with E-state index in [1.807, 2.05) is 25.8 Å². The minimum absolute atomic E-state index is 0.0309. The average Bonchev–Trinajstić information content (AvgIpc) is 3.18. The Morgan fingerprint density at radius 3 is 2.55 bits per heavy atom. The van der Waals surface area contributed by atoms with Crippen LogP contribution in [-0.2, 0) is 11.0 Å². The highest BCUT2D eigenvalue weighted by atomic mass is 19.4. The zero-order chi connectivity index (χ0) is 21.5. The second kappa shape index (κ2) is 8.13. The van der Waals surface area contributed by atoms with E-state index in [0.29, 0.717) is 31.5 Å². The van der Waals surface area contributed by atoms with Crippen LogP contribution < -0.4 is 10.6 Å². The molecule has 4 nitrogen and oxygen atoms in total. The number of hydrogen-bond acceptors (Lipinski definition) is 3. The van der Waals surface area contributed by atoms with E-state index in [1.165, 1.54) is 6.07 Å². The average molecular weight is 415 g/mol. The van der Waals surface area contributed by atoms with E-state index in [0.717, 1.165) is 18.9 Å². The van der Waals surface area contributed by atoms with Gasteiger partial charge in [0.05, 0.1) is 11.6 Å². The van der Waals surface area contributed by atoms with Gasteiger partial charge in [0, 0.05) is 24.8 Å². The topological polar surface area (TPSA) is 49.6 Å². The number of nitrogens with two attached hydrogens (primary N) is 1. The largest absolute Gasteiger partial charge is 0.418 e. The van der Waals surface area contributed by atoms with Crippen LogP contribution in [0.2, 0.25) is 0 Å². The zero-order valence-electron chi connectivity index (χ0n) is 17.0. The van der Waals surface area contributed by atoms with Gasteiger partial charge in [-0.1, -0.05) is 13.8 Å². The van der Waals surface area contributed by atoms with Crippen molar-refractivity contribution in [1.82, 2.24) is 4.90 Å². The molecule has 0 unspecified atom stereocenters. The Hall–Kier alpha value is -1.83. The Morgan fingerprint density at radius 1 is 1.28 bits per heavy atom. The van der Waals surface area contributed by atoms with Gasteiger partial charge in [-0.05, 0) is 62.3 Å². The number of likely N-dealkylation sites (N-methyl/N-ethyl adjacent to an activating group) is 1. The highest BCUT2D eigenvalue weighted by Gasteiger charge is 2.47. The molecule has 4 atom stereocenters. The number of rotatable bonds is 6. The lowest BCUT2D eigenvalue weighted by Crippen LogP contribution is -2.50. The molecule has 2 N–H and O–H groups in total. The Bertz CT molecular complexity index is 752. The summed E-state index contributed by atoms with van der Waals surface area (Å²) in [4.78, 5) is 15.8. The number of hydrogen-bond donors (Lipinski definition) is 1. The first-order chi connectivity index (χ1) is 13.5. The van der Waals surface area contributed by atoms with Crippen LogP contribution in [0.5, 0.6) is 0 Å². The quantitative estimate of drug-likeness (QED) is 0.717. The summed E-state index contributed by atoms with van der Waals surface area (Å²) in [5, 5.41) is 0. The van der Waals surface area contributed by atoms with Crippen molar-refractivity contribution in [2.24, 2.45) is 23.5 Å². The van der Waals surface area contributed by atoms with Crippen molar-refractivity contribution in [3.63, 3.8) is 0 Å². The molecule has 1 aromatic rings. The molecule has 1 aliphatic carbocycles. The van der Waals surface area contributed by atoms with Crippen molar-refractivity contribution in [2.75, 3.05) is 25.0 Å². The van der Waals surface area contributed by atoms with Crippen LogP contribution in [0.15, 0.2) is 18.2 Å². The highest BCUT2D eigenvalue weighted by molar-refractivity contribution is 5.79. The first kappa shape index (κ1) is 21.9. The van der Waals surface area contributed by atoms with Crippen LogP contribution >= 0.6 is 0 Å². The monoisotopic (exact) mass is 415 g/mol. The Labute approximate surface area is 169 Å². The van der Waals surface area contributed by atoms with Crippen LogP contribution in [0.25, 0.3) is 0 Å². The number of nitrogens with zero attached hydrogens (tertiary/aromatic N) is 2. The van der Waals surface area contributed by atoms with Crippen molar-refractivity contribution in [1.29, 1.82) is 0 Å². The van der Waals surface area contributed by atoms with Gasteiger partial charge in [0.15, 0.2) is 0 Å². The Morgan fingerprint density at radius 2 is 1.97 bits per heavy atom. The number of benzene rings is 1. The number of alkyl halides is 3. The van der Waals surface area contributed by atoms with Crippen LogP contribution in [0.4, 0.5) is 23.2 Å². The number of anilines is 1. The van der Waals surface area contributed by atoms with E-state index < -0.39 is 17.6 Å². The lowest BCUT2D eigenvalue weighted by molar-refractivity contribution is -0.137. The highest BCUT2D eigenvalue weighted by Crippen LogP contribution is 2.45. The molecule has 1 saturated carbocycles. The van der Waals surface area contributed by atoms with Crippen LogP contribution in [0.1, 0.15) is 38.7 Å². The number of amides is 1. The SMILES string of the molecule is CC(C)C[C@@H](C(N)=O)N(C)[C@H]1CC[C@@H]2CN(c3ccc(F)cc3C(F)(F)F)C[C@@H]21. The van der Waals surface area contributed by atoms with Gasteiger partial charge in [-0.15, -0.1) is 0 Å². The fraction of sp³-hybridized carbons (Fsp3) is 0.667. The molecule has 0 radical (unpaired) electrons. The fourth-order valence-corrected chi connectivity index (χ4v) is 5.11. The molecule has 1 aliphatic heterocycles. The number of fused-ring (bicyclic) bond motifs is 1. The van der Waals surface area contributed by atoms with Gasteiger partial charge in [0.1, 0.15) is 5.82 Å². The number of primary amides is 1.